The minimum absolute atomic E-state index is 0.257. The van der Waals surface area contributed by atoms with Crippen molar-refractivity contribution in [1.29, 1.82) is 0 Å². The second kappa shape index (κ2) is 7.65. The van der Waals surface area contributed by atoms with Crippen LogP contribution in [0.4, 0.5) is 11.5 Å². The topological polar surface area (TPSA) is 79.8 Å². The van der Waals surface area contributed by atoms with Crippen LogP contribution in [0, 0.1) is 0 Å². The summed E-state index contributed by atoms with van der Waals surface area (Å²) in [5.41, 5.74) is 2.04. The van der Waals surface area contributed by atoms with Crippen molar-refractivity contribution in [3.05, 3.63) is 76.7 Å². The number of hydrogen-bond acceptors (Lipinski definition) is 5. The Balaban J connectivity index is 1.59. The molecule has 2 N–H and O–H groups in total. The zero-order valence-corrected chi connectivity index (χ0v) is 14.2. The number of benzene rings is 1. The first-order chi connectivity index (χ1) is 11.7. The van der Waals surface area contributed by atoms with E-state index >= 15 is 0 Å². The summed E-state index contributed by atoms with van der Waals surface area (Å²) in [7, 11) is 0. The van der Waals surface area contributed by atoms with Gasteiger partial charge in [-0.05, 0) is 54.1 Å². The Kier molecular flexibility index (Phi) is 5.12. The summed E-state index contributed by atoms with van der Waals surface area (Å²) in [6.45, 7) is 0.613. The third kappa shape index (κ3) is 4.36. The number of aromatic nitrogens is 3. The van der Waals surface area contributed by atoms with Crippen molar-refractivity contribution in [3.8, 4) is 0 Å². The Hall–Kier alpha value is -2.80. The van der Waals surface area contributed by atoms with Gasteiger partial charge in [0.1, 0.15) is 5.82 Å². The molecule has 0 saturated heterocycles. The molecule has 1 amide bonds. The lowest BCUT2D eigenvalue weighted by atomic mass is 10.2. The number of pyridine rings is 1. The lowest BCUT2D eigenvalue weighted by Crippen LogP contribution is -2.14. The standard InChI is InChI=1S/C17H14BrN5O/c18-13-1-3-14(4-2-13)21-17(24)15-5-6-16(23-22-15)20-11-12-7-9-19-10-8-12/h1-10H,11H2,(H,20,23)(H,21,24). The molecule has 6 nitrogen and oxygen atoms in total. The van der Waals surface area contributed by atoms with Crippen LogP contribution < -0.4 is 10.6 Å². The molecule has 2 aromatic heterocycles. The summed E-state index contributed by atoms with van der Waals surface area (Å²) < 4.78 is 0.949. The first-order valence-electron chi connectivity index (χ1n) is 7.24. The molecule has 1 aromatic carbocycles. The predicted molar refractivity (Wildman–Crippen MR) is 95.7 cm³/mol. The molecule has 3 rings (SSSR count). The van der Waals surface area contributed by atoms with Crippen LogP contribution in [0.15, 0.2) is 65.4 Å². The average molecular weight is 384 g/mol. The highest BCUT2D eigenvalue weighted by molar-refractivity contribution is 9.10. The number of carbonyl (C=O) groups is 1. The van der Waals surface area contributed by atoms with E-state index in [1.165, 1.54) is 0 Å². The van der Waals surface area contributed by atoms with Crippen LogP contribution in [0.5, 0.6) is 0 Å². The Bertz CT molecular complexity index is 807. The Labute approximate surface area is 147 Å². The molecule has 0 radical (unpaired) electrons. The van der Waals surface area contributed by atoms with Crippen LogP contribution in [0.2, 0.25) is 0 Å². The third-order valence-electron chi connectivity index (χ3n) is 3.22. The second-order valence-electron chi connectivity index (χ2n) is 4.97. The molecule has 0 aliphatic carbocycles. The molecule has 0 fully saturated rings. The van der Waals surface area contributed by atoms with Crippen molar-refractivity contribution in [3.63, 3.8) is 0 Å². The summed E-state index contributed by atoms with van der Waals surface area (Å²) in [6, 6.07) is 14.5. The van der Waals surface area contributed by atoms with Crippen LogP contribution >= 0.6 is 15.9 Å². The molecule has 0 unspecified atom stereocenters. The lowest BCUT2D eigenvalue weighted by molar-refractivity contribution is 0.102. The van der Waals surface area contributed by atoms with E-state index in [0.29, 0.717) is 18.1 Å². The van der Waals surface area contributed by atoms with Gasteiger partial charge in [0, 0.05) is 29.1 Å². The molecule has 0 aliphatic rings. The van der Waals surface area contributed by atoms with Crippen LogP contribution in [0.1, 0.15) is 16.1 Å². The van der Waals surface area contributed by atoms with E-state index < -0.39 is 0 Å². The smallest absolute Gasteiger partial charge is 0.276 e. The van der Waals surface area contributed by atoms with Crippen molar-refractivity contribution >= 4 is 33.3 Å². The highest BCUT2D eigenvalue weighted by atomic mass is 79.9. The first kappa shape index (κ1) is 16.1. The SMILES string of the molecule is O=C(Nc1ccc(Br)cc1)c1ccc(NCc2ccncc2)nn1. The summed E-state index contributed by atoms with van der Waals surface area (Å²) >= 11 is 3.35. The maximum atomic E-state index is 12.1. The Morgan fingerprint density at radius 2 is 1.71 bits per heavy atom. The lowest BCUT2D eigenvalue weighted by Gasteiger charge is -2.06. The third-order valence-corrected chi connectivity index (χ3v) is 3.75. The van der Waals surface area contributed by atoms with Crippen LogP contribution in [-0.4, -0.2) is 21.1 Å². The van der Waals surface area contributed by atoms with Crippen LogP contribution in [-0.2, 0) is 6.54 Å². The maximum Gasteiger partial charge on any atom is 0.276 e. The quantitative estimate of drug-likeness (QED) is 0.704. The van der Waals surface area contributed by atoms with Gasteiger partial charge in [0.05, 0.1) is 0 Å². The fraction of sp³-hybridized carbons (Fsp3) is 0.0588. The zero-order valence-electron chi connectivity index (χ0n) is 12.6. The minimum atomic E-state index is -0.300. The molecule has 0 spiro atoms. The van der Waals surface area contributed by atoms with Crippen molar-refractivity contribution in [2.45, 2.75) is 6.54 Å². The van der Waals surface area contributed by atoms with Gasteiger partial charge in [0.15, 0.2) is 5.69 Å². The van der Waals surface area contributed by atoms with Crippen molar-refractivity contribution in [2.24, 2.45) is 0 Å². The van der Waals surface area contributed by atoms with Gasteiger partial charge in [-0.1, -0.05) is 15.9 Å². The monoisotopic (exact) mass is 383 g/mol. The zero-order chi connectivity index (χ0) is 16.8. The number of rotatable bonds is 5. The molecule has 7 heteroatoms. The highest BCUT2D eigenvalue weighted by Gasteiger charge is 2.08. The molecule has 0 bridgehead atoms. The maximum absolute atomic E-state index is 12.1. The molecule has 120 valence electrons. The van der Waals surface area contributed by atoms with E-state index in [1.807, 2.05) is 24.3 Å². The molecule has 0 saturated carbocycles. The first-order valence-corrected chi connectivity index (χ1v) is 8.03. The highest BCUT2D eigenvalue weighted by Crippen LogP contribution is 2.15. The largest absolute Gasteiger partial charge is 0.365 e. The van der Waals surface area contributed by atoms with Gasteiger partial charge in [0.25, 0.3) is 5.91 Å². The Morgan fingerprint density at radius 3 is 2.38 bits per heavy atom. The second-order valence-corrected chi connectivity index (χ2v) is 5.89. The van der Waals surface area contributed by atoms with E-state index in [0.717, 1.165) is 10.0 Å². The Morgan fingerprint density at radius 1 is 0.958 bits per heavy atom. The normalized spacial score (nSPS) is 10.2. The van der Waals surface area contributed by atoms with Crippen LogP contribution in [0.3, 0.4) is 0 Å². The van der Waals surface area contributed by atoms with Crippen molar-refractivity contribution in [2.75, 3.05) is 10.6 Å². The van der Waals surface area contributed by atoms with Gasteiger partial charge in [-0.15, -0.1) is 10.2 Å². The number of nitrogens with one attached hydrogen (secondary N) is 2. The van der Waals surface area contributed by atoms with Gasteiger partial charge in [-0.25, -0.2) is 0 Å². The minimum Gasteiger partial charge on any atom is -0.365 e. The fourth-order valence-corrected chi connectivity index (χ4v) is 2.23. The number of amides is 1. The predicted octanol–water partition coefficient (Wildman–Crippen LogP) is 3.50. The molecular formula is C17H14BrN5O. The van der Waals surface area contributed by atoms with Gasteiger partial charge in [-0.3, -0.25) is 9.78 Å². The summed E-state index contributed by atoms with van der Waals surface area (Å²) in [6.07, 6.45) is 3.47. The van der Waals surface area contributed by atoms with Gasteiger partial charge in [0.2, 0.25) is 0 Å². The number of anilines is 2. The number of nitrogens with zero attached hydrogens (tertiary/aromatic N) is 3. The van der Waals surface area contributed by atoms with E-state index in [4.69, 9.17) is 0 Å². The van der Waals surface area contributed by atoms with Gasteiger partial charge < -0.3 is 10.6 Å². The van der Waals surface area contributed by atoms with E-state index in [-0.39, 0.29) is 11.6 Å². The number of halogens is 1. The summed E-state index contributed by atoms with van der Waals surface area (Å²) in [5, 5.41) is 13.9. The van der Waals surface area contributed by atoms with Crippen molar-refractivity contribution in [1.82, 2.24) is 15.2 Å². The summed E-state index contributed by atoms with van der Waals surface area (Å²) in [5.74, 6) is 0.303. The van der Waals surface area contributed by atoms with E-state index in [1.54, 1.807) is 36.7 Å². The molecule has 0 aliphatic heterocycles. The molecule has 3 aromatic rings. The van der Waals surface area contributed by atoms with Gasteiger partial charge in [-0.2, -0.15) is 0 Å². The van der Waals surface area contributed by atoms with Crippen molar-refractivity contribution < 1.29 is 4.79 Å². The van der Waals surface area contributed by atoms with Gasteiger partial charge >= 0.3 is 0 Å². The van der Waals surface area contributed by atoms with Crippen LogP contribution in [0.25, 0.3) is 0 Å². The molecule has 24 heavy (non-hydrogen) atoms. The molecule has 2 heterocycles. The number of hydrogen-bond donors (Lipinski definition) is 2. The van der Waals surface area contributed by atoms with E-state index in [9.17, 15) is 4.79 Å². The summed E-state index contributed by atoms with van der Waals surface area (Å²) in [4.78, 5) is 16.1. The van der Waals surface area contributed by atoms with E-state index in [2.05, 4.69) is 41.7 Å². The molecule has 0 atom stereocenters. The number of carbonyl (C=O) groups excluding carboxylic acids is 1. The fourth-order valence-electron chi connectivity index (χ4n) is 1.97. The molecular weight excluding hydrogens is 370 g/mol. The average Bonchev–Trinajstić information content (AvgIpc) is 2.63.